The maximum Gasteiger partial charge on any atom is 0.300 e. The number of Topliss-reactive ketones (excluding diaryl/α,β-unsaturated/α-hetero) is 1. The number of aliphatic hydroxyl groups excluding tert-OH is 1. The number of ether oxygens (including phenoxy) is 2. The zero-order valence-corrected chi connectivity index (χ0v) is 17.4. The number of ketones is 1. The molecular weight excluding hydrogens is 413 g/mol. The Bertz CT molecular complexity index is 1200. The molecule has 0 saturated carbocycles. The molecule has 162 valence electrons. The minimum absolute atomic E-state index is 0.0920. The van der Waals surface area contributed by atoms with Crippen molar-refractivity contribution in [2.45, 2.75) is 6.04 Å². The van der Waals surface area contributed by atoms with Gasteiger partial charge in [0.2, 0.25) is 0 Å². The van der Waals surface area contributed by atoms with Crippen molar-refractivity contribution in [3.05, 3.63) is 95.3 Å². The third-order valence-corrected chi connectivity index (χ3v) is 5.32. The fraction of sp³-hybridized carbons (Fsp3) is 0.120. The summed E-state index contributed by atoms with van der Waals surface area (Å²) in [6.45, 7) is 0. The van der Waals surface area contributed by atoms with Crippen LogP contribution >= 0.6 is 0 Å². The van der Waals surface area contributed by atoms with Crippen molar-refractivity contribution in [1.29, 1.82) is 0 Å². The maximum atomic E-state index is 13.6. The third kappa shape index (κ3) is 3.69. The van der Waals surface area contributed by atoms with Crippen molar-refractivity contribution in [3.8, 4) is 11.5 Å². The van der Waals surface area contributed by atoms with Crippen molar-refractivity contribution < 1.29 is 28.6 Å². The van der Waals surface area contributed by atoms with Gasteiger partial charge in [-0.15, -0.1) is 0 Å². The second-order valence-corrected chi connectivity index (χ2v) is 7.15. The molecule has 1 aliphatic rings. The molecule has 1 amide bonds. The van der Waals surface area contributed by atoms with E-state index in [9.17, 15) is 19.1 Å². The van der Waals surface area contributed by atoms with E-state index >= 15 is 0 Å². The predicted octanol–water partition coefficient (Wildman–Crippen LogP) is 4.47. The molecule has 1 atom stereocenters. The Hall–Kier alpha value is -4.13. The van der Waals surface area contributed by atoms with Crippen molar-refractivity contribution in [2.24, 2.45) is 0 Å². The number of amides is 1. The number of anilines is 1. The Morgan fingerprint density at radius 3 is 2.19 bits per heavy atom. The number of carbonyl (C=O) groups is 2. The molecule has 1 saturated heterocycles. The summed E-state index contributed by atoms with van der Waals surface area (Å²) in [6.07, 6.45) is 0. The number of methoxy groups -OCH3 is 2. The Kier molecular flexibility index (Phi) is 5.64. The van der Waals surface area contributed by atoms with E-state index in [-0.39, 0.29) is 11.3 Å². The summed E-state index contributed by atoms with van der Waals surface area (Å²) < 4.78 is 24.0. The topological polar surface area (TPSA) is 76.1 Å². The van der Waals surface area contributed by atoms with Gasteiger partial charge in [-0.3, -0.25) is 14.5 Å². The highest BCUT2D eigenvalue weighted by molar-refractivity contribution is 6.51. The van der Waals surface area contributed by atoms with Gasteiger partial charge >= 0.3 is 0 Å². The molecule has 1 unspecified atom stereocenters. The molecule has 1 aliphatic heterocycles. The molecule has 0 bridgehead atoms. The van der Waals surface area contributed by atoms with Crippen molar-refractivity contribution in [2.75, 3.05) is 19.1 Å². The predicted molar refractivity (Wildman–Crippen MR) is 117 cm³/mol. The van der Waals surface area contributed by atoms with Crippen LogP contribution in [0.25, 0.3) is 5.76 Å². The number of carbonyl (C=O) groups excluding carboxylic acids is 2. The number of aliphatic hydroxyl groups is 1. The lowest BCUT2D eigenvalue weighted by Gasteiger charge is -2.25. The Morgan fingerprint density at radius 2 is 1.56 bits per heavy atom. The lowest BCUT2D eigenvalue weighted by Crippen LogP contribution is -2.29. The molecule has 1 heterocycles. The van der Waals surface area contributed by atoms with Crippen LogP contribution in [0.3, 0.4) is 0 Å². The first-order chi connectivity index (χ1) is 15.4. The first-order valence-electron chi connectivity index (χ1n) is 9.79. The Morgan fingerprint density at radius 1 is 0.906 bits per heavy atom. The smallest absolute Gasteiger partial charge is 0.300 e. The second kappa shape index (κ2) is 8.55. The first kappa shape index (κ1) is 21.1. The summed E-state index contributed by atoms with van der Waals surface area (Å²) in [5, 5.41) is 11.1. The molecule has 32 heavy (non-hydrogen) atoms. The van der Waals surface area contributed by atoms with Crippen molar-refractivity contribution in [1.82, 2.24) is 0 Å². The van der Waals surface area contributed by atoms with Crippen LogP contribution < -0.4 is 14.4 Å². The molecule has 4 rings (SSSR count). The van der Waals surface area contributed by atoms with Crippen LogP contribution in [0.15, 0.2) is 78.4 Å². The molecule has 0 aliphatic carbocycles. The standard InChI is InChI=1S/C25H20FNO5/c1-31-19-12-10-18(11-13-19)27-22(15-6-8-17(26)9-7-15)21(24(29)25(27)30)23(28)16-4-3-5-20(14-16)32-2/h3-14,22,28H,1-2H3/b23-21-. The zero-order valence-electron chi connectivity index (χ0n) is 17.4. The summed E-state index contributed by atoms with van der Waals surface area (Å²) in [7, 11) is 3.01. The summed E-state index contributed by atoms with van der Waals surface area (Å²) in [6, 6.07) is 17.7. The molecule has 0 radical (unpaired) electrons. The van der Waals surface area contributed by atoms with Gasteiger partial charge in [-0.2, -0.15) is 0 Å². The van der Waals surface area contributed by atoms with E-state index in [0.717, 1.165) is 0 Å². The van der Waals surface area contributed by atoms with Crippen LogP contribution in [0.5, 0.6) is 11.5 Å². The number of nitrogens with zero attached hydrogens (tertiary/aromatic N) is 1. The van der Waals surface area contributed by atoms with E-state index in [4.69, 9.17) is 9.47 Å². The summed E-state index contributed by atoms with van der Waals surface area (Å²) in [4.78, 5) is 27.5. The highest BCUT2D eigenvalue weighted by atomic mass is 19.1. The van der Waals surface area contributed by atoms with Crippen molar-refractivity contribution in [3.63, 3.8) is 0 Å². The second-order valence-electron chi connectivity index (χ2n) is 7.15. The van der Waals surface area contributed by atoms with Crippen LogP contribution in [-0.2, 0) is 9.59 Å². The molecule has 1 N–H and O–H groups in total. The number of halogens is 1. The normalized spacial score (nSPS) is 17.5. The molecule has 7 heteroatoms. The van der Waals surface area contributed by atoms with E-state index in [0.29, 0.717) is 28.3 Å². The van der Waals surface area contributed by atoms with E-state index in [1.807, 2.05) is 0 Å². The Labute approximate surface area is 184 Å². The van der Waals surface area contributed by atoms with E-state index < -0.39 is 23.5 Å². The largest absolute Gasteiger partial charge is 0.507 e. The minimum Gasteiger partial charge on any atom is -0.507 e. The quantitative estimate of drug-likeness (QED) is 0.365. The fourth-order valence-corrected chi connectivity index (χ4v) is 3.73. The van der Waals surface area contributed by atoms with Crippen molar-refractivity contribution >= 4 is 23.1 Å². The molecule has 3 aromatic carbocycles. The molecule has 0 spiro atoms. The van der Waals surface area contributed by atoms with Gasteiger partial charge in [0, 0.05) is 11.3 Å². The minimum atomic E-state index is -0.949. The van der Waals surface area contributed by atoms with Crippen LogP contribution in [0, 0.1) is 5.82 Å². The van der Waals surface area contributed by atoms with Gasteiger partial charge in [-0.05, 0) is 54.1 Å². The lowest BCUT2D eigenvalue weighted by molar-refractivity contribution is -0.132. The van der Waals surface area contributed by atoms with Crippen LogP contribution in [0.4, 0.5) is 10.1 Å². The van der Waals surface area contributed by atoms with E-state index in [2.05, 4.69) is 0 Å². The third-order valence-electron chi connectivity index (χ3n) is 5.32. The van der Waals surface area contributed by atoms with Crippen LogP contribution in [-0.4, -0.2) is 31.0 Å². The monoisotopic (exact) mass is 433 g/mol. The van der Waals surface area contributed by atoms with E-state index in [1.165, 1.54) is 43.4 Å². The summed E-state index contributed by atoms with van der Waals surface area (Å²) in [5.74, 6) is -1.36. The molecular formula is C25H20FNO5. The van der Waals surface area contributed by atoms with Gasteiger partial charge in [0.05, 0.1) is 25.8 Å². The highest BCUT2D eigenvalue weighted by Gasteiger charge is 2.47. The number of benzene rings is 3. The van der Waals surface area contributed by atoms with Gasteiger partial charge in [-0.1, -0.05) is 24.3 Å². The average molecular weight is 433 g/mol. The lowest BCUT2D eigenvalue weighted by atomic mass is 9.95. The zero-order chi connectivity index (χ0) is 22.8. The van der Waals surface area contributed by atoms with Crippen LogP contribution in [0.1, 0.15) is 17.2 Å². The van der Waals surface area contributed by atoms with Gasteiger partial charge in [0.25, 0.3) is 11.7 Å². The summed E-state index contributed by atoms with van der Waals surface area (Å²) >= 11 is 0. The molecule has 3 aromatic rings. The van der Waals surface area contributed by atoms with Gasteiger partial charge in [0.1, 0.15) is 23.1 Å². The number of hydrogen-bond acceptors (Lipinski definition) is 5. The Balaban J connectivity index is 1.92. The average Bonchev–Trinajstić information content (AvgIpc) is 3.09. The number of hydrogen-bond donors (Lipinski definition) is 1. The van der Waals surface area contributed by atoms with E-state index in [1.54, 1.807) is 48.5 Å². The highest BCUT2D eigenvalue weighted by Crippen LogP contribution is 2.42. The molecule has 0 aromatic heterocycles. The molecule has 6 nitrogen and oxygen atoms in total. The fourth-order valence-electron chi connectivity index (χ4n) is 3.73. The van der Waals surface area contributed by atoms with Gasteiger partial charge < -0.3 is 14.6 Å². The SMILES string of the molecule is COc1ccc(N2C(=O)C(=O)/C(=C(\O)c3cccc(OC)c3)C2c2ccc(F)cc2)cc1. The maximum absolute atomic E-state index is 13.6. The molecule has 1 fully saturated rings. The van der Waals surface area contributed by atoms with Crippen LogP contribution in [0.2, 0.25) is 0 Å². The number of rotatable bonds is 5. The first-order valence-corrected chi connectivity index (χ1v) is 9.79. The van der Waals surface area contributed by atoms with Gasteiger partial charge in [-0.25, -0.2) is 4.39 Å². The summed E-state index contributed by atoms with van der Waals surface area (Å²) in [5.41, 5.74) is 1.15. The van der Waals surface area contributed by atoms with Gasteiger partial charge in [0.15, 0.2) is 0 Å².